The lowest BCUT2D eigenvalue weighted by Gasteiger charge is -2.30. The summed E-state index contributed by atoms with van der Waals surface area (Å²) >= 11 is 0. The van der Waals surface area contributed by atoms with Crippen molar-refractivity contribution < 1.29 is 26.3 Å². The van der Waals surface area contributed by atoms with Gasteiger partial charge in [0.05, 0.1) is 0 Å². The van der Waals surface area contributed by atoms with Gasteiger partial charge in [-0.15, -0.1) is 0 Å². The zero-order valence-corrected chi connectivity index (χ0v) is 9.04. The maximum atomic E-state index is 12.3. The van der Waals surface area contributed by atoms with Crippen LogP contribution in [0.25, 0.3) is 0 Å². The second kappa shape index (κ2) is 5.75. The maximum Gasteiger partial charge on any atom is 0.401 e. The van der Waals surface area contributed by atoms with E-state index in [2.05, 4.69) is 5.32 Å². The summed E-state index contributed by atoms with van der Waals surface area (Å²) < 4.78 is 73.9. The normalized spacial score (nSPS) is 15.6. The molecule has 0 aromatic carbocycles. The molecule has 7 heteroatoms. The third-order valence-electron chi connectivity index (χ3n) is 2.35. The largest absolute Gasteiger partial charge is 0.401 e. The molecule has 0 radical (unpaired) electrons. The average molecular weight is 251 g/mol. The van der Waals surface area contributed by atoms with Crippen LogP contribution < -0.4 is 5.32 Å². The van der Waals surface area contributed by atoms with Crippen LogP contribution in [0.2, 0.25) is 0 Å². The van der Waals surface area contributed by atoms with E-state index in [-0.39, 0.29) is 6.42 Å². The predicted octanol–water partition coefficient (Wildman–Crippen LogP) is 3.51. The highest BCUT2D eigenvalue weighted by atomic mass is 19.4. The Morgan fingerprint density at radius 1 is 1.00 bits per heavy atom. The molecule has 0 aliphatic carbocycles. The first-order chi connectivity index (χ1) is 7.14. The second-order valence-corrected chi connectivity index (χ2v) is 3.60. The Morgan fingerprint density at radius 2 is 1.44 bits per heavy atom. The van der Waals surface area contributed by atoms with E-state index < -0.39 is 24.3 Å². The first kappa shape index (κ1) is 15.5. The molecule has 1 nitrogen and oxygen atoms in total. The zero-order chi connectivity index (χ0) is 13.0. The fourth-order valence-electron chi connectivity index (χ4n) is 1.54. The molecule has 0 aliphatic heterocycles. The molecule has 0 aromatic heterocycles. The van der Waals surface area contributed by atoms with Crippen LogP contribution >= 0.6 is 0 Å². The molecule has 0 aromatic rings. The summed E-state index contributed by atoms with van der Waals surface area (Å²) in [6, 6.07) is -1.61. The number of nitrogens with one attached hydrogen (secondary N) is 1. The number of unbranched alkanes of at least 4 members (excludes halogenated alkanes) is 1. The Balaban J connectivity index is 4.86. The quantitative estimate of drug-likeness (QED) is 0.737. The van der Waals surface area contributed by atoms with Gasteiger partial charge in [-0.2, -0.15) is 26.3 Å². The van der Waals surface area contributed by atoms with Gasteiger partial charge in [-0.1, -0.05) is 19.8 Å². The van der Waals surface area contributed by atoms with Gasteiger partial charge in [-0.3, -0.25) is 0 Å². The van der Waals surface area contributed by atoms with Gasteiger partial charge in [0.25, 0.3) is 0 Å². The highest BCUT2D eigenvalue weighted by molar-refractivity contribution is 4.86. The molecule has 16 heavy (non-hydrogen) atoms. The van der Waals surface area contributed by atoms with Crippen molar-refractivity contribution in [1.82, 2.24) is 5.32 Å². The smallest absolute Gasteiger partial charge is 0.316 e. The summed E-state index contributed by atoms with van der Waals surface area (Å²) in [5, 5.41) is 2.11. The van der Waals surface area contributed by atoms with Crippen molar-refractivity contribution in [2.24, 2.45) is 5.92 Å². The van der Waals surface area contributed by atoms with Crippen LogP contribution in [0.1, 0.15) is 26.2 Å². The van der Waals surface area contributed by atoms with Gasteiger partial charge in [0.15, 0.2) is 5.92 Å². The number of hydrogen-bond acceptors (Lipinski definition) is 1. The monoisotopic (exact) mass is 251 g/mol. The number of hydrogen-bond donors (Lipinski definition) is 1. The van der Waals surface area contributed by atoms with Crippen LogP contribution in [0.15, 0.2) is 0 Å². The summed E-state index contributed by atoms with van der Waals surface area (Å²) in [5.74, 6) is -3.29. The van der Waals surface area contributed by atoms with Crippen molar-refractivity contribution in [2.75, 3.05) is 7.05 Å². The summed E-state index contributed by atoms with van der Waals surface area (Å²) in [7, 11) is 1.12. The maximum absolute atomic E-state index is 12.3. The highest BCUT2D eigenvalue weighted by Crippen LogP contribution is 2.42. The van der Waals surface area contributed by atoms with Gasteiger partial charge in [0.1, 0.15) is 0 Å². The summed E-state index contributed by atoms with van der Waals surface area (Å²) in [6.45, 7) is 1.71. The molecule has 0 spiro atoms. The minimum atomic E-state index is -5.26. The number of halogens is 6. The van der Waals surface area contributed by atoms with Crippen molar-refractivity contribution >= 4 is 0 Å². The molecule has 1 unspecified atom stereocenters. The zero-order valence-electron chi connectivity index (χ0n) is 9.04. The Morgan fingerprint density at radius 3 is 1.69 bits per heavy atom. The fourth-order valence-corrected chi connectivity index (χ4v) is 1.54. The molecule has 0 bridgehead atoms. The van der Waals surface area contributed by atoms with E-state index in [1.54, 1.807) is 6.92 Å². The first-order valence-electron chi connectivity index (χ1n) is 4.95. The Kier molecular flexibility index (Phi) is 5.58. The third-order valence-corrected chi connectivity index (χ3v) is 2.35. The van der Waals surface area contributed by atoms with Gasteiger partial charge >= 0.3 is 12.4 Å². The molecule has 0 saturated carbocycles. The van der Waals surface area contributed by atoms with Crippen LogP contribution in [0, 0.1) is 5.92 Å². The Labute approximate surface area is 90.2 Å². The second-order valence-electron chi connectivity index (χ2n) is 3.60. The highest BCUT2D eigenvalue weighted by Gasteiger charge is 2.59. The van der Waals surface area contributed by atoms with Crippen molar-refractivity contribution in [2.45, 2.75) is 44.6 Å². The van der Waals surface area contributed by atoms with E-state index in [1.807, 2.05) is 0 Å². The van der Waals surface area contributed by atoms with E-state index in [0.29, 0.717) is 12.8 Å². The average Bonchev–Trinajstić information content (AvgIpc) is 2.07. The molecule has 0 rings (SSSR count). The molecule has 0 heterocycles. The fraction of sp³-hybridized carbons (Fsp3) is 1.00. The lowest BCUT2D eigenvalue weighted by atomic mass is 9.94. The molecule has 0 saturated heterocycles. The van der Waals surface area contributed by atoms with E-state index in [4.69, 9.17) is 0 Å². The van der Waals surface area contributed by atoms with Crippen molar-refractivity contribution in [1.29, 1.82) is 0 Å². The first-order valence-corrected chi connectivity index (χ1v) is 4.95. The molecule has 1 N–H and O–H groups in total. The minimum Gasteiger partial charge on any atom is -0.316 e. The molecule has 0 fully saturated rings. The van der Waals surface area contributed by atoms with Crippen molar-refractivity contribution in [3.8, 4) is 0 Å². The topological polar surface area (TPSA) is 12.0 Å². The molecule has 1 atom stereocenters. The van der Waals surface area contributed by atoms with Crippen LogP contribution in [0.3, 0.4) is 0 Å². The SMILES string of the molecule is CCCCC(NC)C(C(F)(F)F)C(F)(F)F. The van der Waals surface area contributed by atoms with Crippen LogP contribution in [0.5, 0.6) is 0 Å². The summed E-state index contributed by atoms with van der Waals surface area (Å²) in [5.41, 5.74) is 0. The minimum absolute atomic E-state index is 0.142. The lowest BCUT2D eigenvalue weighted by Crippen LogP contribution is -2.50. The van der Waals surface area contributed by atoms with Gasteiger partial charge in [0.2, 0.25) is 0 Å². The molecule has 98 valence electrons. The summed E-state index contributed by atoms with van der Waals surface area (Å²) in [4.78, 5) is 0. The predicted molar refractivity (Wildman–Crippen MR) is 48.0 cm³/mol. The Bertz CT molecular complexity index is 183. The van der Waals surface area contributed by atoms with Gasteiger partial charge in [0, 0.05) is 6.04 Å². The molecule has 0 aliphatic rings. The molecule has 0 amide bonds. The molecular formula is C9H15F6N. The van der Waals surface area contributed by atoms with E-state index in [0.717, 1.165) is 7.05 Å². The van der Waals surface area contributed by atoms with E-state index >= 15 is 0 Å². The van der Waals surface area contributed by atoms with Gasteiger partial charge < -0.3 is 5.32 Å². The van der Waals surface area contributed by atoms with Crippen LogP contribution in [-0.2, 0) is 0 Å². The Hall–Kier alpha value is -0.460. The van der Waals surface area contributed by atoms with Crippen molar-refractivity contribution in [3.63, 3.8) is 0 Å². The van der Waals surface area contributed by atoms with Gasteiger partial charge in [-0.05, 0) is 13.5 Å². The molecular weight excluding hydrogens is 236 g/mol. The standard InChI is InChI=1S/C9H15F6N/c1-3-4-5-6(16-2)7(8(10,11)12)9(13,14)15/h6-7,16H,3-5H2,1-2H3. The lowest BCUT2D eigenvalue weighted by molar-refractivity contribution is -0.291. The van der Waals surface area contributed by atoms with E-state index in [1.165, 1.54) is 0 Å². The van der Waals surface area contributed by atoms with Crippen LogP contribution in [-0.4, -0.2) is 25.4 Å². The van der Waals surface area contributed by atoms with Gasteiger partial charge in [-0.25, -0.2) is 0 Å². The summed E-state index contributed by atoms with van der Waals surface area (Å²) in [6.07, 6.45) is -9.79. The van der Waals surface area contributed by atoms with E-state index in [9.17, 15) is 26.3 Å². The number of alkyl halides is 6. The third kappa shape index (κ3) is 4.59. The van der Waals surface area contributed by atoms with Crippen LogP contribution in [0.4, 0.5) is 26.3 Å². The van der Waals surface area contributed by atoms with Crippen molar-refractivity contribution in [3.05, 3.63) is 0 Å². The number of rotatable bonds is 5.